The van der Waals surface area contributed by atoms with Crippen LogP contribution in [0.5, 0.6) is 0 Å². The maximum absolute atomic E-state index is 12.2. The number of hydrogen-bond donors (Lipinski definition) is 2. The lowest BCUT2D eigenvalue weighted by Crippen LogP contribution is -2.46. The van der Waals surface area contributed by atoms with Crippen LogP contribution in [0.3, 0.4) is 0 Å². The summed E-state index contributed by atoms with van der Waals surface area (Å²) in [7, 11) is -3.48. The highest BCUT2D eigenvalue weighted by Gasteiger charge is 2.26. The van der Waals surface area contributed by atoms with Crippen LogP contribution < -0.4 is 10.5 Å². The Kier molecular flexibility index (Phi) is 4.66. The third-order valence-corrected chi connectivity index (χ3v) is 6.40. The zero-order valence-electron chi connectivity index (χ0n) is 9.93. The fraction of sp³-hybridized carbons (Fsp3) is 0.636. The summed E-state index contributed by atoms with van der Waals surface area (Å²) < 4.78 is 27.8. The van der Waals surface area contributed by atoms with Crippen molar-refractivity contribution in [2.45, 2.75) is 48.4 Å². The Bertz CT molecular complexity index is 501. The molecule has 0 aliphatic heterocycles. The van der Waals surface area contributed by atoms with Gasteiger partial charge in [0.25, 0.3) is 0 Å². The first-order chi connectivity index (χ1) is 8.49. The van der Waals surface area contributed by atoms with Crippen LogP contribution in [-0.4, -0.2) is 20.5 Å². The third-order valence-electron chi connectivity index (χ3n) is 3.19. The molecule has 1 aliphatic rings. The van der Waals surface area contributed by atoms with Crippen molar-refractivity contribution in [2.24, 2.45) is 5.73 Å². The minimum atomic E-state index is -3.48. The number of thiophene rings is 1. The number of rotatable bonds is 3. The van der Waals surface area contributed by atoms with E-state index in [9.17, 15) is 8.42 Å². The summed E-state index contributed by atoms with van der Waals surface area (Å²) in [4.78, 5) is 0. The SMILES string of the molecule is NC1CCCCCC1NS(=O)(=O)c1ccc(Cl)s1. The van der Waals surface area contributed by atoms with Crippen molar-refractivity contribution in [3.63, 3.8) is 0 Å². The van der Waals surface area contributed by atoms with Crippen LogP contribution in [0.4, 0.5) is 0 Å². The Morgan fingerprint density at radius 1 is 1.28 bits per heavy atom. The van der Waals surface area contributed by atoms with Gasteiger partial charge in [-0.25, -0.2) is 13.1 Å². The van der Waals surface area contributed by atoms with E-state index in [1.54, 1.807) is 6.07 Å². The maximum atomic E-state index is 12.2. The van der Waals surface area contributed by atoms with Crippen molar-refractivity contribution in [3.8, 4) is 0 Å². The molecule has 18 heavy (non-hydrogen) atoms. The number of halogens is 1. The molecule has 1 aromatic heterocycles. The molecule has 4 nitrogen and oxygen atoms in total. The van der Waals surface area contributed by atoms with Gasteiger partial charge in [0.05, 0.1) is 4.34 Å². The molecule has 1 fully saturated rings. The van der Waals surface area contributed by atoms with Gasteiger partial charge in [-0.3, -0.25) is 0 Å². The van der Waals surface area contributed by atoms with Gasteiger partial charge in [-0.05, 0) is 25.0 Å². The summed E-state index contributed by atoms with van der Waals surface area (Å²) in [5, 5.41) is 0. The van der Waals surface area contributed by atoms with Gasteiger partial charge >= 0.3 is 0 Å². The van der Waals surface area contributed by atoms with Crippen LogP contribution in [0.25, 0.3) is 0 Å². The lowest BCUT2D eigenvalue weighted by Gasteiger charge is -2.22. The third kappa shape index (κ3) is 3.45. The lowest BCUT2D eigenvalue weighted by atomic mass is 10.1. The molecule has 2 unspecified atom stereocenters. The molecule has 102 valence electrons. The molecular formula is C11H17ClN2O2S2. The van der Waals surface area contributed by atoms with E-state index in [2.05, 4.69) is 4.72 Å². The molecule has 2 atom stereocenters. The van der Waals surface area contributed by atoms with E-state index in [0.29, 0.717) is 4.34 Å². The topological polar surface area (TPSA) is 72.2 Å². The first-order valence-electron chi connectivity index (χ1n) is 6.02. The quantitative estimate of drug-likeness (QED) is 0.842. The second-order valence-corrected chi connectivity index (χ2v) is 8.24. The average Bonchev–Trinajstić information content (AvgIpc) is 2.65. The Morgan fingerprint density at radius 2 is 2.00 bits per heavy atom. The summed E-state index contributed by atoms with van der Waals surface area (Å²) in [5.41, 5.74) is 6.02. The van der Waals surface area contributed by atoms with E-state index >= 15 is 0 Å². The van der Waals surface area contributed by atoms with E-state index in [1.165, 1.54) is 6.07 Å². The van der Waals surface area contributed by atoms with Crippen molar-refractivity contribution in [1.82, 2.24) is 4.72 Å². The molecule has 0 radical (unpaired) electrons. The van der Waals surface area contributed by atoms with Gasteiger partial charge in [0.2, 0.25) is 10.0 Å². The summed E-state index contributed by atoms with van der Waals surface area (Å²) >= 11 is 6.83. The van der Waals surface area contributed by atoms with Crippen LogP contribution in [0.2, 0.25) is 4.34 Å². The highest BCUT2D eigenvalue weighted by atomic mass is 35.5. The molecule has 1 saturated carbocycles. The zero-order chi connectivity index (χ0) is 13.2. The van der Waals surface area contributed by atoms with Gasteiger partial charge < -0.3 is 5.73 Å². The van der Waals surface area contributed by atoms with Crippen LogP contribution in [0.1, 0.15) is 32.1 Å². The van der Waals surface area contributed by atoms with Gasteiger partial charge in [0.15, 0.2) is 0 Å². The van der Waals surface area contributed by atoms with Crippen molar-refractivity contribution < 1.29 is 8.42 Å². The standard InChI is InChI=1S/C11H17ClN2O2S2/c12-10-6-7-11(17-10)18(15,16)14-9-5-3-1-2-4-8(9)13/h6-9,14H,1-5,13H2. The number of sulfonamides is 1. The molecular weight excluding hydrogens is 292 g/mol. The molecule has 0 amide bonds. The van der Waals surface area contributed by atoms with Crippen molar-refractivity contribution in [2.75, 3.05) is 0 Å². The minimum absolute atomic E-state index is 0.0993. The largest absolute Gasteiger partial charge is 0.326 e. The van der Waals surface area contributed by atoms with E-state index in [0.717, 1.165) is 43.4 Å². The monoisotopic (exact) mass is 308 g/mol. The van der Waals surface area contributed by atoms with E-state index in [4.69, 9.17) is 17.3 Å². The molecule has 0 bridgehead atoms. The maximum Gasteiger partial charge on any atom is 0.250 e. The molecule has 0 saturated heterocycles. The van der Waals surface area contributed by atoms with Crippen molar-refractivity contribution >= 4 is 33.0 Å². The van der Waals surface area contributed by atoms with Crippen molar-refractivity contribution in [1.29, 1.82) is 0 Å². The smallest absolute Gasteiger partial charge is 0.250 e. The fourth-order valence-electron chi connectivity index (χ4n) is 2.18. The molecule has 0 spiro atoms. The van der Waals surface area contributed by atoms with Crippen LogP contribution in [0.15, 0.2) is 16.3 Å². The highest BCUT2D eigenvalue weighted by molar-refractivity contribution is 7.91. The fourth-order valence-corrected chi connectivity index (χ4v) is 5.00. The van der Waals surface area contributed by atoms with Gasteiger partial charge in [0.1, 0.15) is 4.21 Å². The Hall–Kier alpha value is -0.140. The molecule has 7 heteroatoms. The molecule has 0 aromatic carbocycles. The summed E-state index contributed by atoms with van der Waals surface area (Å²) in [6.45, 7) is 0. The predicted molar refractivity (Wildman–Crippen MR) is 74.5 cm³/mol. The Balaban J connectivity index is 2.11. The van der Waals surface area contributed by atoms with Gasteiger partial charge in [0, 0.05) is 12.1 Å². The van der Waals surface area contributed by atoms with Gasteiger partial charge in [-0.1, -0.05) is 30.9 Å². The number of nitrogens with two attached hydrogens (primary N) is 1. The Labute approximate surface area is 117 Å². The normalized spacial score (nSPS) is 25.9. The van der Waals surface area contributed by atoms with E-state index in [1.807, 2.05) is 0 Å². The molecule has 1 aromatic rings. The average molecular weight is 309 g/mol. The first-order valence-corrected chi connectivity index (χ1v) is 8.70. The second-order valence-electron chi connectivity index (χ2n) is 4.59. The minimum Gasteiger partial charge on any atom is -0.326 e. The molecule has 1 aliphatic carbocycles. The van der Waals surface area contributed by atoms with E-state index in [-0.39, 0.29) is 16.3 Å². The lowest BCUT2D eigenvalue weighted by molar-refractivity contribution is 0.457. The highest BCUT2D eigenvalue weighted by Crippen LogP contribution is 2.26. The summed E-state index contributed by atoms with van der Waals surface area (Å²) in [6, 6.07) is 2.85. The zero-order valence-corrected chi connectivity index (χ0v) is 12.3. The van der Waals surface area contributed by atoms with Gasteiger partial charge in [-0.15, -0.1) is 11.3 Å². The van der Waals surface area contributed by atoms with Crippen LogP contribution >= 0.6 is 22.9 Å². The second kappa shape index (κ2) is 5.88. The van der Waals surface area contributed by atoms with E-state index < -0.39 is 10.0 Å². The molecule has 2 rings (SSSR count). The van der Waals surface area contributed by atoms with Crippen LogP contribution in [-0.2, 0) is 10.0 Å². The summed E-state index contributed by atoms with van der Waals surface area (Å²) in [5.74, 6) is 0. The predicted octanol–water partition coefficient (Wildman–Crippen LogP) is 2.34. The molecule has 1 heterocycles. The summed E-state index contributed by atoms with van der Waals surface area (Å²) in [6.07, 6.45) is 4.89. The number of nitrogens with one attached hydrogen (secondary N) is 1. The first kappa shape index (κ1) is 14.3. The van der Waals surface area contributed by atoms with Crippen molar-refractivity contribution in [3.05, 3.63) is 16.5 Å². The van der Waals surface area contributed by atoms with Crippen LogP contribution in [0, 0.1) is 0 Å². The number of hydrogen-bond acceptors (Lipinski definition) is 4. The molecule has 3 N–H and O–H groups in total. The van der Waals surface area contributed by atoms with Gasteiger partial charge in [-0.2, -0.15) is 0 Å². The Morgan fingerprint density at radius 3 is 2.67 bits per heavy atom.